The molecule has 0 radical (unpaired) electrons. The molecule has 0 spiro atoms. The number of nitrogens with zero attached hydrogens (tertiary/aromatic N) is 2. The maximum Gasteiger partial charge on any atom is 0.0700 e. The molecule has 1 rings (SSSR count). The highest BCUT2D eigenvalue weighted by Crippen LogP contribution is 2.11. The van der Waals surface area contributed by atoms with Crippen molar-refractivity contribution in [3.05, 3.63) is 0 Å². The van der Waals surface area contributed by atoms with Gasteiger partial charge in [0, 0.05) is 25.7 Å². The number of terminal acetylenes is 1. The topological polar surface area (TPSA) is 18.5 Å². The summed E-state index contributed by atoms with van der Waals surface area (Å²) >= 11 is 0. The van der Waals surface area contributed by atoms with Crippen molar-refractivity contribution in [1.82, 2.24) is 15.1 Å². The standard InChI is InChI=1S/C11H21N3/c1-5-10(12-2)8-11-9-13(3)6-7-14(11)4/h1,10-12H,6-9H2,2-4H3. The van der Waals surface area contributed by atoms with Crippen LogP contribution in [0.4, 0.5) is 0 Å². The van der Waals surface area contributed by atoms with Crippen molar-refractivity contribution < 1.29 is 0 Å². The van der Waals surface area contributed by atoms with Crippen molar-refractivity contribution in [1.29, 1.82) is 0 Å². The molecule has 0 amide bonds. The van der Waals surface area contributed by atoms with Crippen molar-refractivity contribution in [3.8, 4) is 12.3 Å². The molecule has 0 bridgehead atoms. The first-order valence-electron chi connectivity index (χ1n) is 5.19. The average molecular weight is 195 g/mol. The van der Waals surface area contributed by atoms with Gasteiger partial charge in [0.15, 0.2) is 0 Å². The predicted octanol–water partition coefficient (Wildman–Crippen LogP) is -0.156. The molecule has 2 unspecified atom stereocenters. The minimum Gasteiger partial charge on any atom is -0.307 e. The summed E-state index contributed by atoms with van der Waals surface area (Å²) in [6.45, 7) is 3.42. The highest BCUT2D eigenvalue weighted by molar-refractivity contribution is 5.00. The first kappa shape index (κ1) is 11.5. The van der Waals surface area contributed by atoms with Crippen LogP contribution in [0.2, 0.25) is 0 Å². The molecule has 0 aromatic heterocycles. The van der Waals surface area contributed by atoms with E-state index in [0.717, 1.165) is 26.1 Å². The highest BCUT2D eigenvalue weighted by atomic mass is 15.3. The maximum atomic E-state index is 5.44. The Labute approximate surface area is 87.5 Å². The van der Waals surface area contributed by atoms with E-state index in [1.54, 1.807) is 0 Å². The lowest BCUT2D eigenvalue weighted by atomic mass is 10.0. The molecule has 1 aliphatic heterocycles. The molecule has 3 nitrogen and oxygen atoms in total. The Morgan fingerprint density at radius 3 is 2.79 bits per heavy atom. The van der Waals surface area contributed by atoms with Gasteiger partial charge in [0.05, 0.1) is 6.04 Å². The number of hydrogen-bond donors (Lipinski definition) is 1. The van der Waals surface area contributed by atoms with E-state index in [9.17, 15) is 0 Å². The Balaban J connectivity index is 2.45. The summed E-state index contributed by atoms with van der Waals surface area (Å²) in [4.78, 5) is 4.77. The minimum atomic E-state index is 0.203. The Kier molecular flexibility index (Phi) is 4.40. The van der Waals surface area contributed by atoms with Crippen LogP contribution in [-0.2, 0) is 0 Å². The van der Waals surface area contributed by atoms with Gasteiger partial charge in [-0.05, 0) is 27.6 Å². The molecule has 3 heteroatoms. The molecule has 2 atom stereocenters. The van der Waals surface area contributed by atoms with Crippen molar-refractivity contribution in [2.75, 3.05) is 40.8 Å². The fraction of sp³-hybridized carbons (Fsp3) is 0.818. The van der Waals surface area contributed by atoms with Crippen LogP contribution in [-0.4, -0.2) is 62.7 Å². The van der Waals surface area contributed by atoms with Gasteiger partial charge in [-0.1, -0.05) is 5.92 Å². The molecule has 14 heavy (non-hydrogen) atoms. The smallest absolute Gasteiger partial charge is 0.0700 e. The number of nitrogens with one attached hydrogen (secondary N) is 1. The summed E-state index contributed by atoms with van der Waals surface area (Å²) in [6.07, 6.45) is 6.47. The summed E-state index contributed by atoms with van der Waals surface area (Å²) in [7, 11) is 6.28. The van der Waals surface area contributed by atoms with Crippen molar-refractivity contribution in [3.63, 3.8) is 0 Å². The van der Waals surface area contributed by atoms with Gasteiger partial charge < -0.3 is 15.1 Å². The Hall–Kier alpha value is -0.560. The summed E-state index contributed by atoms with van der Waals surface area (Å²) in [5, 5.41) is 3.15. The van der Waals surface area contributed by atoms with Crippen LogP contribution in [0.3, 0.4) is 0 Å². The van der Waals surface area contributed by atoms with E-state index in [2.05, 4.69) is 35.1 Å². The average Bonchev–Trinajstić information content (AvgIpc) is 2.19. The molecule has 0 aromatic carbocycles. The lowest BCUT2D eigenvalue weighted by molar-refractivity contribution is 0.105. The number of likely N-dealkylation sites (N-methyl/N-ethyl adjacent to an activating group) is 2. The van der Waals surface area contributed by atoms with Crippen LogP contribution in [0.1, 0.15) is 6.42 Å². The van der Waals surface area contributed by atoms with Gasteiger partial charge in [-0.15, -0.1) is 6.42 Å². The third-order valence-corrected chi connectivity index (χ3v) is 3.04. The Bertz CT molecular complexity index is 209. The molecule has 1 aliphatic rings. The molecular formula is C11H21N3. The van der Waals surface area contributed by atoms with Gasteiger partial charge in [0.2, 0.25) is 0 Å². The van der Waals surface area contributed by atoms with E-state index >= 15 is 0 Å². The van der Waals surface area contributed by atoms with Crippen LogP contribution in [0.15, 0.2) is 0 Å². The first-order valence-corrected chi connectivity index (χ1v) is 5.19. The van der Waals surface area contributed by atoms with E-state index in [1.165, 1.54) is 0 Å². The monoisotopic (exact) mass is 195 g/mol. The second kappa shape index (κ2) is 5.35. The van der Waals surface area contributed by atoms with E-state index in [4.69, 9.17) is 6.42 Å². The third-order valence-electron chi connectivity index (χ3n) is 3.04. The molecule has 1 heterocycles. The van der Waals surface area contributed by atoms with Crippen LogP contribution in [0.25, 0.3) is 0 Å². The van der Waals surface area contributed by atoms with Crippen molar-refractivity contribution in [2.24, 2.45) is 0 Å². The van der Waals surface area contributed by atoms with Crippen LogP contribution < -0.4 is 5.32 Å². The lowest BCUT2D eigenvalue weighted by Gasteiger charge is -2.38. The highest BCUT2D eigenvalue weighted by Gasteiger charge is 2.23. The Morgan fingerprint density at radius 2 is 2.21 bits per heavy atom. The third kappa shape index (κ3) is 2.98. The van der Waals surface area contributed by atoms with E-state index in [1.807, 2.05) is 7.05 Å². The summed E-state index contributed by atoms with van der Waals surface area (Å²) in [6, 6.07) is 0.788. The van der Waals surface area contributed by atoms with Crippen LogP contribution in [0.5, 0.6) is 0 Å². The number of piperazine rings is 1. The van der Waals surface area contributed by atoms with Gasteiger partial charge in [0.25, 0.3) is 0 Å². The normalized spacial score (nSPS) is 27.1. The van der Waals surface area contributed by atoms with E-state index in [0.29, 0.717) is 6.04 Å². The molecule has 1 N–H and O–H groups in total. The van der Waals surface area contributed by atoms with Crippen molar-refractivity contribution in [2.45, 2.75) is 18.5 Å². The minimum absolute atomic E-state index is 0.203. The van der Waals surface area contributed by atoms with Gasteiger partial charge in [-0.2, -0.15) is 0 Å². The molecule has 80 valence electrons. The zero-order valence-corrected chi connectivity index (χ0v) is 9.45. The number of hydrogen-bond acceptors (Lipinski definition) is 3. The second-order valence-corrected chi connectivity index (χ2v) is 4.14. The summed E-state index contributed by atoms with van der Waals surface area (Å²) < 4.78 is 0. The van der Waals surface area contributed by atoms with Crippen molar-refractivity contribution >= 4 is 0 Å². The lowest BCUT2D eigenvalue weighted by Crippen LogP contribution is -2.51. The molecule has 0 aliphatic carbocycles. The SMILES string of the molecule is C#CC(CC1CN(C)CCN1C)NC. The largest absolute Gasteiger partial charge is 0.307 e. The Morgan fingerprint density at radius 1 is 1.50 bits per heavy atom. The summed E-state index contributed by atoms with van der Waals surface area (Å²) in [5.41, 5.74) is 0. The zero-order chi connectivity index (χ0) is 10.6. The molecular weight excluding hydrogens is 174 g/mol. The summed E-state index contributed by atoms with van der Waals surface area (Å²) in [5.74, 6) is 2.78. The van der Waals surface area contributed by atoms with Gasteiger partial charge in [0.1, 0.15) is 0 Å². The quantitative estimate of drug-likeness (QED) is 0.632. The van der Waals surface area contributed by atoms with Gasteiger partial charge in [-0.25, -0.2) is 0 Å². The van der Waals surface area contributed by atoms with Crippen LogP contribution >= 0.6 is 0 Å². The first-order chi connectivity index (χ1) is 6.67. The maximum absolute atomic E-state index is 5.44. The predicted molar refractivity (Wildman–Crippen MR) is 60.2 cm³/mol. The molecule has 1 fully saturated rings. The molecule has 1 saturated heterocycles. The fourth-order valence-electron chi connectivity index (χ4n) is 1.90. The fourth-order valence-corrected chi connectivity index (χ4v) is 1.90. The van der Waals surface area contributed by atoms with E-state index in [-0.39, 0.29) is 6.04 Å². The molecule has 0 aromatic rings. The zero-order valence-electron chi connectivity index (χ0n) is 9.45. The molecule has 0 saturated carbocycles. The van der Waals surface area contributed by atoms with E-state index < -0.39 is 0 Å². The van der Waals surface area contributed by atoms with Gasteiger partial charge in [-0.3, -0.25) is 0 Å². The van der Waals surface area contributed by atoms with Gasteiger partial charge >= 0.3 is 0 Å². The second-order valence-electron chi connectivity index (χ2n) is 4.14. The number of rotatable bonds is 3. The van der Waals surface area contributed by atoms with Crippen LogP contribution in [0, 0.1) is 12.3 Å².